The maximum Gasteiger partial charge on any atom is 0.573 e. The van der Waals surface area contributed by atoms with Gasteiger partial charge in [-0.25, -0.2) is 13.2 Å². The highest BCUT2D eigenvalue weighted by Gasteiger charge is 2.41. The van der Waals surface area contributed by atoms with Crippen LogP contribution in [0, 0.1) is 23.4 Å². The molecule has 0 radical (unpaired) electrons. The number of halogens is 10. The van der Waals surface area contributed by atoms with Crippen molar-refractivity contribution in [3.8, 4) is 17.2 Å². The lowest BCUT2D eigenvalue weighted by molar-refractivity contribution is -0.276. The summed E-state index contributed by atoms with van der Waals surface area (Å²) < 4.78 is 148. The fourth-order valence-electron chi connectivity index (χ4n) is 3.84. The molecule has 3 nitrogen and oxygen atoms in total. The van der Waals surface area contributed by atoms with Gasteiger partial charge in [-0.1, -0.05) is 25.8 Å². The van der Waals surface area contributed by atoms with Crippen LogP contribution in [0.15, 0.2) is 42.0 Å². The zero-order valence-electron chi connectivity index (χ0n) is 19.1. The lowest BCUT2D eigenvalue weighted by Gasteiger charge is -2.27. The van der Waals surface area contributed by atoms with Gasteiger partial charge in [0.15, 0.2) is 11.6 Å². The van der Waals surface area contributed by atoms with Crippen molar-refractivity contribution in [2.75, 3.05) is 0 Å². The summed E-state index contributed by atoms with van der Waals surface area (Å²) >= 11 is 0. The maximum absolute atomic E-state index is 14.5. The quantitative estimate of drug-likeness (QED) is 0.233. The SMILES string of the molecule is CCCC1CC=C(C(F)(F)Oc2ccc(C(F)(F)Oc3cc(F)c(OC(F)(F)F)c(F)c3)c(F)c2)CC1. The molecular weight excluding hydrogens is 526 g/mol. The molecule has 2 aromatic rings. The molecular formula is C24H20F10O3. The van der Waals surface area contributed by atoms with Crippen LogP contribution in [-0.2, 0) is 6.11 Å². The first-order chi connectivity index (χ1) is 17.1. The highest BCUT2D eigenvalue weighted by molar-refractivity contribution is 5.37. The molecule has 37 heavy (non-hydrogen) atoms. The maximum atomic E-state index is 14.5. The highest BCUT2D eigenvalue weighted by Crippen LogP contribution is 2.40. The molecule has 0 N–H and O–H groups in total. The highest BCUT2D eigenvalue weighted by atomic mass is 19.4. The van der Waals surface area contributed by atoms with E-state index in [9.17, 15) is 43.9 Å². The Labute approximate surface area is 204 Å². The number of benzene rings is 2. The molecule has 0 aromatic heterocycles. The van der Waals surface area contributed by atoms with Crippen molar-refractivity contribution in [1.82, 2.24) is 0 Å². The molecule has 204 valence electrons. The third-order valence-corrected chi connectivity index (χ3v) is 5.53. The van der Waals surface area contributed by atoms with Gasteiger partial charge in [0, 0.05) is 23.8 Å². The Bertz CT molecular complexity index is 1120. The van der Waals surface area contributed by atoms with Crippen molar-refractivity contribution in [3.63, 3.8) is 0 Å². The molecule has 0 heterocycles. The summed E-state index contributed by atoms with van der Waals surface area (Å²) in [5, 5.41) is 0. The first-order valence-corrected chi connectivity index (χ1v) is 11.0. The molecule has 0 bridgehead atoms. The van der Waals surface area contributed by atoms with Gasteiger partial charge in [0.25, 0.3) is 0 Å². The molecule has 3 rings (SSSR count). The predicted molar refractivity (Wildman–Crippen MR) is 110 cm³/mol. The van der Waals surface area contributed by atoms with Crippen molar-refractivity contribution in [1.29, 1.82) is 0 Å². The van der Waals surface area contributed by atoms with Crippen molar-refractivity contribution < 1.29 is 58.1 Å². The molecule has 1 atom stereocenters. The molecule has 0 spiro atoms. The van der Waals surface area contributed by atoms with Gasteiger partial charge in [-0.2, -0.15) is 17.6 Å². The number of rotatable bonds is 9. The molecule has 0 aliphatic heterocycles. The van der Waals surface area contributed by atoms with E-state index >= 15 is 0 Å². The van der Waals surface area contributed by atoms with Crippen molar-refractivity contribution >= 4 is 0 Å². The molecule has 0 fully saturated rings. The van der Waals surface area contributed by atoms with E-state index in [4.69, 9.17) is 0 Å². The summed E-state index contributed by atoms with van der Waals surface area (Å²) in [6.45, 7) is 1.98. The van der Waals surface area contributed by atoms with Gasteiger partial charge in [-0.3, -0.25) is 0 Å². The molecule has 1 aliphatic carbocycles. The fraction of sp³-hybridized carbons (Fsp3) is 0.417. The van der Waals surface area contributed by atoms with Gasteiger partial charge in [-0.05, 0) is 37.3 Å². The third-order valence-electron chi connectivity index (χ3n) is 5.53. The lowest BCUT2D eigenvalue weighted by atomic mass is 9.86. The first kappa shape index (κ1) is 28.5. The van der Waals surface area contributed by atoms with E-state index in [-0.39, 0.29) is 36.1 Å². The number of hydrogen-bond acceptors (Lipinski definition) is 3. The Morgan fingerprint density at radius 1 is 0.784 bits per heavy atom. The van der Waals surface area contributed by atoms with E-state index < -0.39 is 58.8 Å². The number of hydrogen-bond donors (Lipinski definition) is 0. The van der Waals surface area contributed by atoms with Crippen LogP contribution >= 0.6 is 0 Å². The monoisotopic (exact) mass is 546 g/mol. The standard InChI is InChI=1S/C24H20F10O3/c1-2-3-13-4-6-14(7-5-13)22(28,29)35-15-8-9-17(18(25)10-15)23(30,31)36-16-11-19(26)21(20(27)12-16)37-24(32,33)34/h6,8-13H,2-5,7H2,1H3. The van der Waals surface area contributed by atoms with Crippen LogP contribution in [0.25, 0.3) is 0 Å². The van der Waals surface area contributed by atoms with E-state index in [1.54, 1.807) is 0 Å². The molecule has 2 aromatic carbocycles. The average molecular weight is 546 g/mol. The second-order valence-electron chi connectivity index (χ2n) is 8.30. The minimum Gasteiger partial charge on any atom is -0.429 e. The molecule has 1 aliphatic rings. The zero-order chi connectivity index (χ0) is 27.6. The second kappa shape index (κ2) is 10.7. The van der Waals surface area contributed by atoms with Crippen LogP contribution in [0.4, 0.5) is 43.9 Å². The van der Waals surface area contributed by atoms with Gasteiger partial charge in [-0.15, -0.1) is 13.2 Å². The molecule has 13 heteroatoms. The van der Waals surface area contributed by atoms with Gasteiger partial charge >= 0.3 is 18.6 Å². The minimum absolute atomic E-state index is 0.0308. The van der Waals surface area contributed by atoms with Crippen molar-refractivity contribution in [3.05, 3.63) is 65.0 Å². The fourth-order valence-corrected chi connectivity index (χ4v) is 3.84. The second-order valence-corrected chi connectivity index (χ2v) is 8.30. The average Bonchev–Trinajstić information content (AvgIpc) is 2.75. The third kappa shape index (κ3) is 7.22. The van der Waals surface area contributed by atoms with Crippen LogP contribution in [-0.4, -0.2) is 12.5 Å². The van der Waals surface area contributed by atoms with E-state index in [1.807, 2.05) is 6.92 Å². The minimum atomic E-state index is -5.47. The van der Waals surface area contributed by atoms with E-state index in [1.165, 1.54) is 6.08 Å². The Morgan fingerprint density at radius 3 is 1.89 bits per heavy atom. The van der Waals surface area contributed by atoms with Crippen LogP contribution < -0.4 is 14.2 Å². The molecule has 1 unspecified atom stereocenters. The van der Waals surface area contributed by atoms with E-state index in [2.05, 4.69) is 14.2 Å². The summed E-state index contributed by atoms with van der Waals surface area (Å²) in [5.74, 6) is -9.52. The van der Waals surface area contributed by atoms with Gasteiger partial charge in [0.1, 0.15) is 22.9 Å². The van der Waals surface area contributed by atoms with E-state index in [0.717, 1.165) is 12.8 Å². The summed E-state index contributed by atoms with van der Waals surface area (Å²) in [5.41, 5.74) is -1.83. The number of alkyl halides is 7. The summed E-state index contributed by atoms with van der Waals surface area (Å²) in [6, 6.07) is 1.18. The van der Waals surface area contributed by atoms with Gasteiger partial charge in [0.2, 0.25) is 5.75 Å². The van der Waals surface area contributed by atoms with Gasteiger partial charge < -0.3 is 14.2 Å². The topological polar surface area (TPSA) is 27.7 Å². The van der Waals surface area contributed by atoms with E-state index in [0.29, 0.717) is 25.0 Å². The van der Waals surface area contributed by atoms with Crippen molar-refractivity contribution in [2.45, 2.75) is 57.6 Å². The largest absolute Gasteiger partial charge is 0.573 e. The predicted octanol–water partition coefficient (Wildman–Crippen LogP) is 8.63. The number of allylic oxidation sites excluding steroid dienone is 1. The Hall–Kier alpha value is -3.12. The smallest absolute Gasteiger partial charge is 0.429 e. The summed E-state index contributed by atoms with van der Waals surface area (Å²) in [7, 11) is 0. The molecule has 0 amide bonds. The Balaban J connectivity index is 1.75. The lowest BCUT2D eigenvalue weighted by Crippen LogP contribution is -2.29. The molecule has 0 saturated heterocycles. The normalized spacial score (nSPS) is 16.8. The van der Waals surface area contributed by atoms with Crippen LogP contribution in [0.5, 0.6) is 17.2 Å². The summed E-state index contributed by atoms with van der Waals surface area (Å²) in [4.78, 5) is 0. The Kier molecular flexibility index (Phi) is 8.23. The van der Waals surface area contributed by atoms with Crippen LogP contribution in [0.1, 0.15) is 44.6 Å². The Morgan fingerprint density at radius 2 is 1.38 bits per heavy atom. The first-order valence-electron chi connectivity index (χ1n) is 11.0. The van der Waals surface area contributed by atoms with Gasteiger partial charge in [0.05, 0.1) is 0 Å². The van der Waals surface area contributed by atoms with Crippen LogP contribution in [0.2, 0.25) is 0 Å². The number of ether oxygens (including phenoxy) is 3. The molecule has 0 saturated carbocycles. The zero-order valence-corrected chi connectivity index (χ0v) is 19.1. The summed E-state index contributed by atoms with van der Waals surface area (Å²) in [6.07, 6.45) is -9.79. The van der Waals surface area contributed by atoms with Crippen LogP contribution in [0.3, 0.4) is 0 Å². The van der Waals surface area contributed by atoms with Crippen molar-refractivity contribution in [2.24, 2.45) is 5.92 Å².